The molecule has 3 rings (SSSR count). The van der Waals surface area contributed by atoms with Gasteiger partial charge in [0.25, 0.3) is 0 Å². The number of carbonyl (C=O) groups excluding carboxylic acids is 1. The Morgan fingerprint density at radius 1 is 1.00 bits per heavy atom. The van der Waals surface area contributed by atoms with Crippen LogP contribution >= 0.6 is 0 Å². The number of carbonyl (C=O) groups is 1. The highest BCUT2D eigenvalue weighted by atomic mass is 19.1. The van der Waals surface area contributed by atoms with Gasteiger partial charge in [-0.05, 0) is 43.3 Å². The predicted octanol–water partition coefficient (Wildman–Crippen LogP) is 3.53. The van der Waals surface area contributed by atoms with Crippen molar-refractivity contribution in [2.45, 2.75) is 13.0 Å². The highest BCUT2D eigenvalue weighted by molar-refractivity contribution is 5.75. The fourth-order valence-corrected chi connectivity index (χ4v) is 2.54. The number of aromatic nitrogens is 2. The van der Waals surface area contributed by atoms with Gasteiger partial charge in [-0.25, -0.2) is 19.2 Å². The maximum atomic E-state index is 13.2. The molecule has 9 heteroatoms. The molecular weight excluding hydrogens is 407 g/mol. The van der Waals surface area contributed by atoms with E-state index in [2.05, 4.69) is 9.97 Å². The molecule has 1 unspecified atom stereocenters. The summed E-state index contributed by atoms with van der Waals surface area (Å²) in [6.45, 7) is 2.97. The lowest BCUT2D eigenvalue weighted by atomic mass is 10.3. The number of halogens is 1. The zero-order valence-electron chi connectivity index (χ0n) is 17.2. The van der Waals surface area contributed by atoms with Crippen molar-refractivity contribution in [1.29, 1.82) is 0 Å². The van der Waals surface area contributed by atoms with Crippen LogP contribution in [0.25, 0.3) is 11.0 Å². The Morgan fingerprint density at radius 2 is 1.74 bits per heavy atom. The minimum Gasteiger partial charge on any atom is -0.479 e. The molecule has 8 nitrogen and oxygen atoms in total. The Labute approximate surface area is 178 Å². The number of rotatable bonds is 11. The predicted molar refractivity (Wildman–Crippen MR) is 110 cm³/mol. The quantitative estimate of drug-likeness (QED) is 0.337. The summed E-state index contributed by atoms with van der Waals surface area (Å²) in [4.78, 5) is 20.4. The maximum Gasteiger partial charge on any atom is 0.347 e. The average molecular weight is 430 g/mol. The Bertz CT molecular complexity index is 999. The van der Waals surface area contributed by atoms with Gasteiger partial charge in [0.2, 0.25) is 5.88 Å². The lowest BCUT2D eigenvalue weighted by Crippen LogP contribution is -2.27. The lowest BCUT2D eigenvalue weighted by molar-refractivity contribution is -0.152. The van der Waals surface area contributed by atoms with Gasteiger partial charge in [-0.3, -0.25) is 0 Å². The monoisotopic (exact) mass is 430 g/mol. The van der Waals surface area contributed by atoms with Gasteiger partial charge in [0.1, 0.15) is 23.9 Å². The summed E-state index contributed by atoms with van der Waals surface area (Å²) in [6.07, 6.45) is 0.640. The highest BCUT2D eigenvalue weighted by Crippen LogP contribution is 2.24. The molecule has 1 heterocycles. The van der Waals surface area contributed by atoms with Crippen LogP contribution in [0.15, 0.2) is 48.7 Å². The molecule has 0 amide bonds. The van der Waals surface area contributed by atoms with Crippen molar-refractivity contribution in [2.24, 2.45) is 0 Å². The molecule has 2 aromatic carbocycles. The van der Waals surface area contributed by atoms with Crippen molar-refractivity contribution >= 4 is 17.0 Å². The maximum absolute atomic E-state index is 13.2. The molecule has 0 aliphatic rings. The van der Waals surface area contributed by atoms with E-state index < -0.39 is 12.1 Å². The van der Waals surface area contributed by atoms with E-state index in [1.807, 2.05) is 0 Å². The zero-order valence-corrected chi connectivity index (χ0v) is 17.2. The molecule has 0 bridgehead atoms. The van der Waals surface area contributed by atoms with Crippen LogP contribution < -0.4 is 9.47 Å². The topological polar surface area (TPSA) is 89.0 Å². The SMILES string of the molecule is COCCOCCOC(=O)C(C)Oc1ccc(Oc2cnc3cc(F)ccc3n2)cc1. The third-order valence-corrected chi connectivity index (χ3v) is 4.08. The minimum absolute atomic E-state index is 0.141. The van der Waals surface area contributed by atoms with Gasteiger partial charge in [0.05, 0.1) is 37.1 Å². The van der Waals surface area contributed by atoms with Crippen molar-refractivity contribution < 1.29 is 32.9 Å². The molecule has 31 heavy (non-hydrogen) atoms. The molecule has 164 valence electrons. The standard InChI is InChI=1S/C22H23FN2O6/c1-15(22(26)29-12-11-28-10-9-27-2)30-17-4-6-18(7-5-17)31-21-14-24-20-13-16(23)3-8-19(20)25-21/h3-8,13-15H,9-12H2,1-2H3. The first-order valence-electron chi connectivity index (χ1n) is 9.65. The van der Waals surface area contributed by atoms with E-state index in [0.717, 1.165) is 0 Å². The third kappa shape index (κ3) is 6.87. The van der Waals surface area contributed by atoms with Crippen molar-refractivity contribution in [2.75, 3.05) is 33.5 Å². The van der Waals surface area contributed by atoms with E-state index >= 15 is 0 Å². The van der Waals surface area contributed by atoms with Crippen LogP contribution in [0.5, 0.6) is 17.4 Å². The number of hydrogen-bond donors (Lipinski definition) is 0. The minimum atomic E-state index is -0.780. The second kappa shape index (κ2) is 11.2. The molecule has 1 atom stereocenters. The number of methoxy groups -OCH3 is 1. The van der Waals surface area contributed by atoms with E-state index in [0.29, 0.717) is 42.4 Å². The Hall–Kier alpha value is -3.30. The van der Waals surface area contributed by atoms with E-state index in [1.165, 1.54) is 24.4 Å². The van der Waals surface area contributed by atoms with E-state index in [4.69, 9.17) is 23.7 Å². The van der Waals surface area contributed by atoms with E-state index in [1.54, 1.807) is 38.3 Å². The van der Waals surface area contributed by atoms with Gasteiger partial charge in [0.15, 0.2) is 6.10 Å². The molecule has 0 fully saturated rings. The van der Waals surface area contributed by atoms with Gasteiger partial charge in [0, 0.05) is 13.2 Å². The summed E-state index contributed by atoms with van der Waals surface area (Å²) in [5, 5.41) is 0. The second-order valence-corrected chi connectivity index (χ2v) is 6.45. The van der Waals surface area contributed by atoms with Crippen LogP contribution in [0.4, 0.5) is 4.39 Å². The summed E-state index contributed by atoms with van der Waals surface area (Å²) in [5.74, 6) is 0.398. The number of benzene rings is 2. The van der Waals surface area contributed by atoms with Gasteiger partial charge in [-0.15, -0.1) is 0 Å². The summed E-state index contributed by atoms with van der Waals surface area (Å²) < 4.78 is 39.7. The second-order valence-electron chi connectivity index (χ2n) is 6.45. The van der Waals surface area contributed by atoms with Gasteiger partial charge in [-0.2, -0.15) is 0 Å². The summed E-state index contributed by atoms with van der Waals surface area (Å²) >= 11 is 0. The Balaban J connectivity index is 1.48. The van der Waals surface area contributed by atoms with Crippen LogP contribution in [-0.4, -0.2) is 55.6 Å². The van der Waals surface area contributed by atoms with Gasteiger partial charge >= 0.3 is 5.97 Å². The van der Waals surface area contributed by atoms with Crippen LogP contribution in [0, 0.1) is 5.82 Å². The van der Waals surface area contributed by atoms with E-state index in [9.17, 15) is 9.18 Å². The molecular formula is C22H23FN2O6. The number of ether oxygens (including phenoxy) is 5. The first kappa shape index (κ1) is 22.4. The largest absolute Gasteiger partial charge is 0.479 e. The van der Waals surface area contributed by atoms with Crippen molar-refractivity contribution in [3.63, 3.8) is 0 Å². The first-order chi connectivity index (χ1) is 15.0. The number of nitrogens with zero attached hydrogens (tertiary/aromatic N) is 2. The fourth-order valence-electron chi connectivity index (χ4n) is 2.54. The molecule has 1 aromatic heterocycles. The van der Waals surface area contributed by atoms with Crippen LogP contribution in [0.3, 0.4) is 0 Å². The number of esters is 1. The molecule has 0 saturated heterocycles. The first-order valence-corrected chi connectivity index (χ1v) is 9.65. The van der Waals surface area contributed by atoms with Crippen molar-refractivity contribution in [3.05, 3.63) is 54.5 Å². The fraction of sp³-hybridized carbons (Fsp3) is 0.318. The van der Waals surface area contributed by atoms with Gasteiger partial charge in [-0.1, -0.05) is 0 Å². The van der Waals surface area contributed by atoms with E-state index in [-0.39, 0.29) is 18.3 Å². The van der Waals surface area contributed by atoms with Crippen LogP contribution in [0.1, 0.15) is 6.92 Å². The highest BCUT2D eigenvalue weighted by Gasteiger charge is 2.16. The van der Waals surface area contributed by atoms with Crippen LogP contribution in [-0.2, 0) is 19.0 Å². The number of fused-ring (bicyclic) bond motifs is 1. The summed E-state index contributed by atoms with van der Waals surface area (Å²) in [7, 11) is 1.59. The van der Waals surface area contributed by atoms with Crippen LogP contribution in [0.2, 0.25) is 0 Å². The summed E-state index contributed by atoms with van der Waals surface area (Å²) in [6, 6.07) is 10.8. The summed E-state index contributed by atoms with van der Waals surface area (Å²) in [5.41, 5.74) is 0.966. The average Bonchev–Trinajstić information content (AvgIpc) is 2.77. The molecule has 0 aliphatic carbocycles. The normalized spacial score (nSPS) is 11.8. The van der Waals surface area contributed by atoms with Crippen molar-refractivity contribution in [3.8, 4) is 17.4 Å². The van der Waals surface area contributed by atoms with Gasteiger partial charge < -0.3 is 23.7 Å². The Morgan fingerprint density at radius 3 is 2.52 bits per heavy atom. The molecule has 0 spiro atoms. The lowest BCUT2D eigenvalue weighted by Gasteiger charge is -2.14. The molecule has 0 aliphatic heterocycles. The molecule has 0 saturated carbocycles. The molecule has 0 radical (unpaired) electrons. The zero-order chi connectivity index (χ0) is 22.1. The third-order valence-electron chi connectivity index (χ3n) is 4.08. The smallest absolute Gasteiger partial charge is 0.347 e. The Kier molecular flexibility index (Phi) is 8.08. The molecule has 3 aromatic rings. The number of hydrogen-bond acceptors (Lipinski definition) is 8. The molecule has 0 N–H and O–H groups in total. The van der Waals surface area contributed by atoms with Crippen molar-refractivity contribution in [1.82, 2.24) is 9.97 Å².